The molecule has 96 valence electrons. The fourth-order valence-corrected chi connectivity index (χ4v) is 2.98. The summed E-state index contributed by atoms with van der Waals surface area (Å²) in [6.45, 7) is 0. The van der Waals surface area contributed by atoms with E-state index in [1.54, 1.807) is 11.5 Å². The van der Waals surface area contributed by atoms with E-state index < -0.39 is 0 Å². The van der Waals surface area contributed by atoms with Crippen molar-refractivity contribution >= 4 is 27.9 Å². The fraction of sp³-hybridized carbons (Fsp3) is 0.0769. The van der Waals surface area contributed by atoms with Crippen molar-refractivity contribution in [3.05, 3.63) is 51.2 Å². The molecule has 1 aromatic carbocycles. The highest BCUT2D eigenvalue weighted by molar-refractivity contribution is 7.15. The molecule has 0 radical (unpaired) electrons. The Bertz CT molecular complexity index is 793. The Labute approximate surface area is 117 Å². The largest absolute Gasteiger partial charge is 0.497 e. The molecule has 0 spiro atoms. The monoisotopic (exact) mass is 292 g/mol. The normalized spacial score (nSPS) is 10.8. The summed E-state index contributed by atoms with van der Waals surface area (Å²) in [5.41, 5.74) is 1.55. The number of ether oxygens (including phenoxy) is 1. The van der Waals surface area contributed by atoms with Crippen molar-refractivity contribution < 1.29 is 4.74 Å². The number of thiazole rings is 1. The number of benzene rings is 1. The zero-order chi connectivity index (χ0) is 13.4. The Balaban J connectivity index is 2.22. The fourth-order valence-electron chi connectivity index (χ4n) is 1.86. The van der Waals surface area contributed by atoms with E-state index in [4.69, 9.17) is 16.3 Å². The summed E-state index contributed by atoms with van der Waals surface area (Å²) < 4.78 is 6.67. The number of rotatable bonds is 2. The predicted molar refractivity (Wildman–Crippen MR) is 76.3 cm³/mol. The van der Waals surface area contributed by atoms with Gasteiger partial charge in [-0.15, -0.1) is 11.3 Å². The van der Waals surface area contributed by atoms with Crippen molar-refractivity contribution in [1.29, 1.82) is 0 Å². The lowest BCUT2D eigenvalue weighted by molar-refractivity contribution is 0.415. The van der Waals surface area contributed by atoms with Crippen molar-refractivity contribution in [2.75, 3.05) is 7.11 Å². The second-order valence-corrected chi connectivity index (χ2v) is 5.11. The van der Waals surface area contributed by atoms with Gasteiger partial charge >= 0.3 is 0 Å². The first-order chi connectivity index (χ1) is 9.19. The zero-order valence-corrected chi connectivity index (χ0v) is 11.5. The number of nitrogens with zero attached hydrogens (tertiary/aromatic N) is 2. The summed E-state index contributed by atoms with van der Waals surface area (Å²) in [7, 11) is 1.62. The average Bonchev–Trinajstić information content (AvgIpc) is 2.83. The Kier molecular flexibility index (Phi) is 3.00. The van der Waals surface area contributed by atoms with Gasteiger partial charge in [-0.1, -0.05) is 11.6 Å². The van der Waals surface area contributed by atoms with Crippen LogP contribution >= 0.6 is 22.9 Å². The van der Waals surface area contributed by atoms with Crippen LogP contribution in [0.25, 0.3) is 16.2 Å². The maximum absolute atomic E-state index is 12.0. The lowest BCUT2D eigenvalue weighted by Crippen LogP contribution is -2.12. The molecule has 0 aliphatic rings. The molecule has 0 fully saturated rings. The Hall–Kier alpha value is -1.85. The van der Waals surface area contributed by atoms with Crippen molar-refractivity contribution in [1.82, 2.24) is 9.38 Å². The molecule has 0 saturated heterocycles. The maximum atomic E-state index is 12.0. The summed E-state index contributed by atoms with van der Waals surface area (Å²) in [6.07, 6.45) is 0. The van der Waals surface area contributed by atoms with Gasteiger partial charge in [0.15, 0.2) is 4.96 Å². The topological polar surface area (TPSA) is 43.6 Å². The van der Waals surface area contributed by atoms with Crippen LogP contribution in [0.4, 0.5) is 0 Å². The van der Waals surface area contributed by atoms with Crippen molar-refractivity contribution in [3.8, 4) is 17.0 Å². The second kappa shape index (κ2) is 4.68. The van der Waals surface area contributed by atoms with Crippen LogP contribution in [0.3, 0.4) is 0 Å². The summed E-state index contributed by atoms with van der Waals surface area (Å²) in [6, 6.07) is 8.83. The number of aromatic nitrogens is 2. The van der Waals surface area contributed by atoms with Crippen molar-refractivity contribution in [2.24, 2.45) is 0 Å². The van der Waals surface area contributed by atoms with Gasteiger partial charge in [-0.05, 0) is 29.8 Å². The van der Waals surface area contributed by atoms with E-state index in [0.717, 1.165) is 17.0 Å². The molecule has 0 unspecified atom stereocenters. The van der Waals surface area contributed by atoms with Crippen molar-refractivity contribution in [2.45, 2.75) is 0 Å². The summed E-state index contributed by atoms with van der Waals surface area (Å²) in [4.78, 5) is 16.7. The summed E-state index contributed by atoms with van der Waals surface area (Å²) in [5.74, 6) is 0.775. The van der Waals surface area contributed by atoms with Gasteiger partial charge in [0.25, 0.3) is 5.56 Å². The maximum Gasteiger partial charge on any atom is 0.260 e. The molecule has 2 heterocycles. The molecule has 0 aliphatic heterocycles. The van der Waals surface area contributed by atoms with Crippen molar-refractivity contribution in [3.63, 3.8) is 0 Å². The highest BCUT2D eigenvalue weighted by atomic mass is 35.5. The number of hydrogen-bond donors (Lipinski definition) is 0. The van der Waals surface area contributed by atoms with E-state index in [-0.39, 0.29) is 10.7 Å². The molecule has 3 rings (SSSR count). The van der Waals surface area contributed by atoms with E-state index in [0.29, 0.717) is 4.96 Å². The summed E-state index contributed by atoms with van der Waals surface area (Å²) >= 11 is 7.17. The van der Waals surface area contributed by atoms with Crippen LogP contribution in [0.1, 0.15) is 0 Å². The third-order valence-electron chi connectivity index (χ3n) is 2.76. The van der Waals surface area contributed by atoms with E-state index in [2.05, 4.69) is 4.98 Å². The number of halogens is 1. The zero-order valence-electron chi connectivity index (χ0n) is 9.96. The Morgan fingerprint density at radius 1 is 1.32 bits per heavy atom. The number of methoxy groups -OCH3 is 1. The Morgan fingerprint density at radius 2 is 2.05 bits per heavy atom. The van der Waals surface area contributed by atoms with Gasteiger partial charge < -0.3 is 4.74 Å². The first-order valence-electron chi connectivity index (χ1n) is 5.50. The summed E-state index contributed by atoms with van der Waals surface area (Å²) in [5, 5.41) is 2.11. The molecule has 19 heavy (non-hydrogen) atoms. The molecular weight excluding hydrogens is 284 g/mol. The van der Waals surface area contributed by atoms with Gasteiger partial charge in [0.05, 0.1) is 12.8 Å². The molecule has 2 aromatic heterocycles. The van der Waals surface area contributed by atoms with Gasteiger partial charge in [-0.25, -0.2) is 4.98 Å². The van der Waals surface area contributed by atoms with E-state index in [1.165, 1.54) is 17.4 Å². The molecule has 6 heteroatoms. The lowest BCUT2D eigenvalue weighted by Gasteiger charge is -2.03. The van der Waals surface area contributed by atoms with Gasteiger partial charge in [-0.3, -0.25) is 9.20 Å². The third kappa shape index (κ3) is 2.11. The van der Waals surface area contributed by atoms with Gasteiger partial charge in [0.1, 0.15) is 10.9 Å². The average molecular weight is 293 g/mol. The van der Waals surface area contributed by atoms with E-state index in [1.807, 2.05) is 29.6 Å². The second-order valence-electron chi connectivity index (χ2n) is 3.88. The van der Waals surface area contributed by atoms with Gasteiger partial charge in [0, 0.05) is 11.4 Å². The van der Waals surface area contributed by atoms with Crippen LogP contribution in [-0.4, -0.2) is 16.5 Å². The minimum absolute atomic E-state index is 0.179. The highest BCUT2D eigenvalue weighted by Crippen LogP contribution is 2.26. The minimum atomic E-state index is -0.179. The number of hydrogen-bond acceptors (Lipinski definition) is 4. The lowest BCUT2D eigenvalue weighted by atomic mass is 10.1. The predicted octanol–water partition coefficient (Wildman–Crippen LogP) is 3.09. The van der Waals surface area contributed by atoms with Crippen LogP contribution in [0.2, 0.25) is 5.15 Å². The molecule has 0 bridgehead atoms. The first kappa shape index (κ1) is 12.2. The number of fused-ring (bicyclic) bond motifs is 1. The molecule has 3 aromatic rings. The molecule has 0 saturated carbocycles. The first-order valence-corrected chi connectivity index (χ1v) is 6.76. The van der Waals surface area contributed by atoms with E-state index >= 15 is 0 Å². The van der Waals surface area contributed by atoms with Crippen LogP contribution in [0.5, 0.6) is 5.75 Å². The quantitative estimate of drug-likeness (QED) is 0.682. The molecule has 0 N–H and O–H groups in total. The van der Waals surface area contributed by atoms with Crippen LogP contribution in [-0.2, 0) is 0 Å². The molecule has 4 nitrogen and oxygen atoms in total. The molecule has 0 atom stereocenters. The van der Waals surface area contributed by atoms with E-state index in [9.17, 15) is 4.79 Å². The highest BCUT2D eigenvalue weighted by Gasteiger charge is 2.10. The van der Waals surface area contributed by atoms with Gasteiger partial charge in [0.2, 0.25) is 0 Å². The molecule has 0 aliphatic carbocycles. The standard InChI is InChI=1S/C13H9ClN2O2S/c1-18-9-4-2-8(3-5-9)10-7-19-13-15-11(14)6-12(17)16(10)13/h2-7H,1H3. The smallest absolute Gasteiger partial charge is 0.260 e. The van der Waals surface area contributed by atoms with Crippen LogP contribution < -0.4 is 10.3 Å². The Morgan fingerprint density at radius 3 is 2.74 bits per heavy atom. The van der Waals surface area contributed by atoms with Crippen LogP contribution in [0, 0.1) is 0 Å². The SMILES string of the molecule is COc1ccc(-c2csc3nc(Cl)cc(=O)n23)cc1. The van der Waals surface area contributed by atoms with Gasteiger partial charge in [-0.2, -0.15) is 0 Å². The molecule has 0 amide bonds. The van der Waals surface area contributed by atoms with Crippen LogP contribution in [0.15, 0.2) is 40.5 Å². The minimum Gasteiger partial charge on any atom is -0.497 e. The third-order valence-corrected chi connectivity index (χ3v) is 3.78. The molecular formula is C13H9ClN2O2S.